The zero-order chi connectivity index (χ0) is 21.2. The maximum atomic E-state index is 12.9. The summed E-state index contributed by atoms with van der Waals surface area (Å²) in [6.45, 7) is 0. The molecule has 0 spiro atoms. The number of sulfone groups is 2. The third-order valence-corrected chi connectivity index (χ3v) is 7.99. The van der Waals surface area contributed by atoms with Gasteiger partial charge in [-0.1, -0.05) is 36.4 Å². The Morgan fingerprint density at radius 1 is 0.467 bits per heavy atom. The topological polar surface area (TPSA) is 94.1 Å². The van der Waals surface area contributed by atoms with E-state index < -0.39 is 19.7 Å². The smallest absolute Gasteiger partial charge is 0.206 e. The number of hydrogen-bond acceptors (Lipinski definition) is 6. The van der Waals surface area contributed by atoms with Gasteiger partial charge in [0.1, 0.15) is 0 Å². The summed E-state index contributed by atoms with van der Waals surface area (Å²) in [6.07, 6.45) is 2.73. The van der Waals surface area contributed by atoms with Gasteiger partial charge in [0.15, 0.2) is 0 Å². The Labute approximate surface area is 174 Å². The molecule has 0 amide bonds. The van der Waals surface area contributed by atoms with Crippen LogP contribution < -0.4 is 0 Å². The second-order valence-corrected chi connectivity index (χ2v) is 10.3. The van der Waals surface area contributed by atoms with E-state index in [9.17, 15) is 16.8 Å². The molecule has 150 valence electrons. The van der Waals surface area contributed by atoms with E-state index in [0.29, 0.717) is 0 Å². The van der Waals surface area contributed by atoms with Crippen LogP contribution in [0.1, 0.15) is 0 Å². The van der Waals surface area contributed by atoms with Crippen LogP contribution in [0.15, 0.2) is 117 Å². The van der Waals surface area contributed by atoms with Gasteiger partial charge in [0.2, 0.25) is 19.7 Å². The number of pyridine rings is 2. The first kappa shape index (κ1) is 19.9. The third-order valence-electron chi connectivity index (χ3n) is 4.45. The van der Waals surface area contributed by atoms with E-state index >= 15 is 0 Å². The Kier molecular flexibility index (Phi) is 5.19. The second-order valence-electron chi connectivity index (χ2n) is 6.39. The third kappa shape index (κ3) is 3.74. The quantitative estimate of drug-likeness (QED) is 0.472. The Balaban J connectivity index is 1.77. The first-order valence-electron chi connectivity index (χ1n) is 8.92. The van der Waals surface area contributed by atoms with Gasteiger partial charge in [0, 0.05) is 12.4 Å². The van der Waals surface area contributed by atoms with Crippen molar-refractivity contribution in [1.29, 1.82) is 0 Å². The zero-order valence-corrected chi connectivity index (χ0v) is 17.2. The maximum absolute atomic E-state index is 12.9. The minimum Gasteiger partial charge on any atom is -0.255 e. The fourth-order valence-corrected chi connectivity index (χ4v) is 5.50. The van der Waals surface area contributed by atoms with Gasteiger partial charge in [-0.15, -0.1) is 0 Å². The van der Waals surface area contributed by atoms with E-state index in [2.05, 4.69) is 9.97 Å². The number of nitrogens with zero attached hydrogens (tertiary/aromatic N) is 2. The highest BCUT2D eigenvalue weighted by Crippen LogP contribution is 2.27. The normalized spacial score (nSPS) is 11.9. The first-order valence-corrected chi connectivity index (χ1v) is 11.9. The predicted molar refractivity (Wildman–Crippen MR) is 111 cm³/mol. The number of rotatable bonds is 5. The molecule has 0 saturated carbocycles. The Hall–Kier alpha value is -3.36. The molecule has 0 aliphatic rings. The summed E-state index contributed by atoms with van der Waals surface area (Å²) in [7, 11) is -7.47. The van der Waals surface area contributed by atoms with Crippen LogP contribution in [0.3, 0.4) is 0 Å². The molecule has 4 rings (SSSR count). The van der Waals surface area contributed by atoms with Gasteiger partial charge in [-0.25, -0.2) is 16.8 Å². The molecule has 0 saturated heterocycles. The van der Waals surface area contributed by atoms with Crippen LogP contribution in [0.4, 0.5) is 0 Å². The van der Waals surface area contributed by atoms with Crippen LogP contribution in [0.5, 0.6) is 0 Å². The van der Waals surface area contributed by atoms with Crippen molar-refractivity contribution in [3.8, 4) is 11.4 Å². The molecule has 0 fully saturated rings. The molecule has 6 nitrogen and oxygen atoms in total. The number of aromatic nitrogens is 2. The molecule has 0 radical (unpaired) electrons. The summed E-state index contributed by atoms with van der Waals surface area (Å²) in [5, 5.41) is 0. The lowest BCUT2D eigenvalue weighted by Crippen LogP contribution is -2.04. The van der Waals surface area contributed by atoms with Gasteiger partial charge in [-0.2, -0.15) is 0 Å². The van der Waals surface area contributed by atoms with Crippen molar-refractivity contribution < 1.29 is 16.8 Å². The lowest BCUT2D eigenvalue weighted by molar-refractivity contribution is 0.594. The summed E-state index contributed by atoms with van der Waals surface area (Å²) in [5.41, 5.74) is 0.522. The molecule has 0 aliphatic carbocycles. The molecular weight excluding hydrogens is 420 g/mol. The summed E-state index contributed by atoms with van der Waals surface area (Å²) < 4.78 is 51.5. The van der Waals surface area contributed by atoms with E-state index in [1.165, 1.54) is 60.9 Å². The molecule has 2 heterocycles. The first-order chi connectivity index (χ1) is 14.4. The van der Waals surface area contributed by atoms with Gasteiger partial charge in [-0.05, 0) is 48.5 Å². The van der Waals surface area contributed by atoms with Crippen molar-refractivity contribution in [2.24, 2.45) is 0 Å². The van der Waals surface area contributed by atoms with Crippen LogP contribution in [0.2, 0.25) is 0 Å². The molecule has 0 N–H and O–H groups in total. The molecule has 2 aromatic heterocycles. The molecule has 4 aromatic rings. The van der Waals surface area contributed by atoms with Gasteiger partial charge < -0.3 is 0 Å². The average Bonchev–Trinajstić information content (AvgIpc) is 2.80. The van der Waals surface area contributed by atoms with E-state index in [1.54, 1.807) is 36.4 Å². The molecule has 2 aromatic carbocycles. The van der Waals surface area contributed by atoms with E-state index in [-0.39, 0.29) is 31.0 Å². The lowest BCUT2D eigenvalue weighted by Gasteiger charge is -2.08. The van der Waals surface area contributed by atoms with Gasteiger partial charge in [-0.3, -0.25) is 9.97 Å². The maximum Gasteiger partial charge on any atom is 0.206 e. The van der Waals surface area contributed by atoms with Gasteiger partial charge in [0.25, 0.3) is 0 Å². The van der Waals surface area contributed by atoms with Crippen LogP contribution in [-0.2, 0) is 19.7 Å². The highest BCUT2D eigenvalue weighted by molar-refractivity contribution is 7.91. The molecule has 0 bridgehead atoms. The standard InChI is InChI=1S/C22H16N2O4S2/c25-29(26,17-7-3-1-4-8-17)19-11-13-23-21(15-19)22-16-20(12-14-24-22)30(27,28)18-9-5-2-6-10-18/h1-16H. The molecule has 0 unspecified atom stereocenters. The Bertz CT molecular complexity index is 1290. The van der Waals surface area contributed by atoms with Crippen molar-refractivity contribution in [2.45, 2.75) is 19.6 Å². The zero-order valence-electron chi connectivity index (χ0n) is 15.6. The molecule has 30 heavy (non-hydrogen) atoms. The highest BCUT2D eigenvalue weighted by atomic mass is 32.2. The lowest BCUT2D eigenvalue weighted by atomic mass is 10.2. The second kappa shape index (κ2) is 7.81. The summed E-state index contributed by atoms with van der Waals surface area (Å²) in [5.74, 6) is 0. The van der Waals surface area contributed by atoms with Crippen molar-refractivity contribution in [2.75, 3.05) is 0 Å². The van der Waals surface area contributed by atoms with Crippen molar-refractivity contribution in [3.05, 3.63) is 97.3 Å². The molecule has 0 aliphatic heterocycles. The fourth-order valence-electron chi connectivity index (χ4n) is 2.91. The Morgan fingerprint density at radius 3 is 1.20 bits per heavy atom. The SMILES string of the molecule is O=S(=O)(c1ccccc1)c1ccnc(-c2cc(S(=O)(=O)c3ccccc3)ccn2)c1. The molecule has 0 atom stereocenters. The monoisotopic (exact) mass is 436 g/mol. The van der Waals surface area contributed by atoms with Gasteiger partial charge in [0.05, 0.1) is 31.0 Å². The van der Waals surface area contributed by atoms with Crippen LogP contribution in [-0.4, -0.2) is 26.8 Å². The molecular formula is C22H16N2O4S2. The summed E-state index contributed by atoms with van der Waals surface area (Å²) in [4.78, 5) is 8.81. The van der Waals surface area contributed by atoms with E-state index in [1.807, 2.05) is 0 Å². The minimum atomic E-state index is -3.74. The Morgan fingerprint density at radius 2 is 0.833 bits per heavy atom. The van der Waals surface area contributed by atoms with Crippen molar-refractivity contribution in [3.63, 3.8) is 0 Å². The number of benzene rings is 2. The number of hydrogen-bond donors (Lipinski definition) is 0. The molecule has 8 heteroatoms. The largest absolute Gasteiger partial charge is 0.255 e. The van der Waals surface area contributed by atoms with E-state index in [4.69, 9.17) is 0 Å². The van der Waals surface area contributed by atoms with Gasteiger partial charge >= 0.3 is 0 Å². The van der Waals surface area contributed by atoms with Crippen molar-refractivity contribution >= 4 is 19.7 Å². The van der Waals surface area contributed by atoms with Crippen LogP contribution >= 0.6 is 0 Å². The fraction of sp³-hybridized carbons (Fsp3) is 0. The average molecular weight is 437 g/mol. The van der Waals surface area contributed by atoms with E-state index in [0.717, 1.165) is 0 Å². The predicted octanol–water partition coefficient (Wildman–Crippen LogP) is 3.81. The minimum absolute atomic E-state index is 0.0526. The van der Waals surface area contributed by atoms with Crippen LogP contribution in [0, 0.1) is 0 Å². The van der Waals surface area contributed by atoms with Crippen molar-refractivity contribution in [1.82, 2.24) is 9.97 Å². The summed E-state index contributed by atoms with van der Waals surface area (Å²) >= 11 is 0. The van der Waals surface area contributed by atoms with Crippen LogP contribution in [0.25, 0.3) is 11.4 Å². The highest BCUT2D eigenvalue weighted by Gasteiger charge is 2.21. The summed E-state index contributed by atoms with van der Waals surface area (Å²) in [6, 6.07) is 21.7.